The van der Waals surface area contributed by atoms with Crippen LogP contribution >= 0.6 is 21.4 Å². The molecular weight excluding hydrogens is 375 g/mol. The lowest BCUT2D eigenvalue weighted by Crippen LogP contribution is -2.01. The summed E-state index contributed by atoms with van der Waals surface area (Å²) in [6, 6.07) is 7.68. The van der Waals surface area contributed by atoms with Crippen molar-refractivity contribution in [2.24, 2.45) is 0 Å². The molecule has 0 aliphatic rings. The van der Waals surface area contributed by atoms with Gasteiger partial charge in [0.25, 0.3) is 0 Å². The van der Waals surface area contributed by atoms with Crippen molar-refractivity contribution in [1.82, 2.24) is 0 Å². The fourth-order valence-electron chi connectivity index (χ4n) is 1.74. The van der Waals surface area contributed by atoms with E-state index in [1.807, 2.05) is 24.3 Å². The Morgan fingerprint density at radius 1 is 0.727 bits per heavy atom. The van der Waals surface area contributed by atoms with Crippen LogP contribution in [-0.2, 0) is 39.9 Å². The molecule has 6 nitrogen and oxygen atoms in total. The van der Waals surface area contributed by atoms with E-state index >= 15 is 0 Å². The highest BCUT2D eigenvalue weighted by Crippen LogP contribution is 2.10. The molecular formula is C12H16Cl2O6S2. The third kappa shape index (κ3) is 10.4. The smallest absolute Gasteiger partial charge is 0.258 e. The highest BCUT2D eigenvalue weighted by atomic mass is 35.7. The van der Waals surface area contributed by atoms with E-state index in [4.69, 9.17) is 21.4 Å². The van der Waals surface area contributed by atoms with Crippen molar-refractivity contribution in [3.63, 3.8) is 0 Å². The van der Waals surface area contributed by atoms with Crippen molar-refractivity contribution in [2.75, 3.05) is 13.2 Å². The standard InChI is InChI=1S/C12H16Cl2O6S2/c13-21(15,16)19-9-1-3-11-5-7-12(8-6-11)4-2-10-20-22(14,17)18/h5-8H,1-4,9-10H2. The summed E-state index contributed by atoms with van der Waals surface area (Å²) >= 11 is 0. The first kappa shape index (κ1) is 19.7. The van der Waals surface area contributed by atoms with Crippen molar-refractivity contribution in [3.8, 4) is 0 Å². The van der Waals surface area contributed by atoms with Gasteiger partial charge in [0, 0.05) is 21.4 Å². The Morgan fingerprint density at radius 2 is 1.05 bits per heavy atom. The molecule has 0 saturated heterocycles. The number of aryl methyl sites for hydroxylation is 2. The molecule has 1 rings (SSSR count). The maximum absolute atomic E-state index is 10.6. The van der Waals surface area contributed by atoms with Crippen LogP contribution in [-0.4, -0.2) is 30.0 Å². The molecule has 0 saturated carbocycles. The number of halogens is 2. The molecule has 0 N–H and O–H groups in total. The van der Waals surface area contributed by atoms with Crippen molar-refractivity contribution in [3.05, 3.63) is 35.4 Å². The molecule has 0 aromatic heterocycles. The maximum atomic E-state index is 10.6. The van der Waals surface area contributed by atoms with Crippen LogP contribution < -0.4 is 0 Å². The van der Waals surface area contributed by atoms with E-state index in [1.165, 1.54) is 0 Å². The van der Waals surface area contributed by atoms with Gasteiger partial charge in [0.1, 0.15) is 0 Å². The van der Waals surface area contributed by atoms with Crippen LogP contribution in [0.5, 0.6) is 0 Å². The van der Waals surface area contributed by atoms with Gasteiger partial charge >= 0.3 is 18.7 Å². The quantitative estimate of drug-likeness (QED) is 0.450. The van der Waals surface area contributed by atoms with Gasteiger partial charge in [-0.2, -0.15) is 16.8 Å². The van der Waals surface area contributed by atoms with Gasteiger partial charge in [-0.05, 0) is 36.8 Å². The zero-order valence-electron chi connectivity index (χ0n) is 11.6. The molecule has 0 aliphatic carbocycles. The summed E-state index contributed by atoms with van der Waals surface area (Å²) in [6.45, 7) is 0.0790. The molecule has 0 aliphatic heterocycles. The molecule has 1 aromatic rings. The molecule has 0 unspecified atom stereocenters. The molecule has 0 fully saturated rings. The first-order chi connectivity index (χ1) is 10.2. The molecule has 22 heavy (non-hydrogen) atoms. The lowest BCUT2D eigenvalue weighted by Gasteiger charge is -2.04. The number of benzene rings is 1. The maximum Gasteiger partial charge on any atom is 0.355 e. The zero-order valence-corrected chi connectivity index (χ0v) is 14.7. The normalized spacial score (nSPS) is 12.5. The zero-order chi connectivity index (χ0) is 16.6. The predicted octanol–water partition coefficient (Wildman–Crippen LogP) is 2.55. The van der Waals surface area contributed by atoms with E-state index in [-0.39, 0.29) is 13.2 Å². The van der Waals surface area contributed by atoms with Gasteiger partial charge in [-0.3, -0.25) is 8.37 Å². The van der Waals surface area contributed by atoms with Crippen molar-refractivity contribution in [2.45, 2.75) is 25.7 Å². The minimum absolute atomic E-state index is 0.0395. The summed E-state index contributed by atoms with van der Waals surface area (Å²) < 4.78 is 51.1. The van der Waals surface area contributed by atoms with Crippen LogP contribution in [0.2, 0.25) is 0 Å². The summed E-state index contributed by atoms with van der Waals surface area (Å²) in [5, 5.41) is 0. The fraction of sp³-hybridized carbons (Fsp3) is 0.500. The second kappa shape index (κ2) is 9.05. The Bertz CT molecular complexity index is 596. The summed E-state index contributed by atoms with van der Waals surface area (Å²) in [5.74, 6) is 0. The van der Waals surface area contributed by atoms with Gasteiger partial charge in [-0.15, -0.1) is 0 Å². The third-order valence-electron chi connectivity index (χ3n) is 2.69. The highest BCUT2D eigenvalue weighted by molar-refractivity contribution is 8.10. The third-order valence-corrected chi connectivity index (χ3v) is 4.12. The van der Waals surface area contributed by atoms with Crippen LogP contribution in [0.1, 0.15) is 24.0 Å². The van der Waals surface area contributed by atoms with Gasteiger partial charge in [-0.25, -0.2) is 0 Å². The summed E-state index contributed by atoms with van der Waals surface area (Å²) in [4.78, 5) is 0. The Labute approximate surface area is 139 Å². The van der Waals surface area contributed by atoms with Gasteiger partial charge in [-0.1, -0.05) is 24.3 Å². The minimum atomic E-state index is -3.90. The average Bonchev–Trinajstić information content (AvgIpc) is 2.39. The molecule has 0 radical (unpaired) electrons. The summed E-state index contributed by atoms with van der Waals surface area (Å²) in [7, 11) is 2.04. The molecule has 0 amide bonds. The number of hydrogen-bond acceptors (Lipinski definition) is 6. The minimum Gasteiger partial charge on any atom is -0.258 e. The van der Waals surface area contributed by atoms with E-state index in [2.05, 4.69) is 8.37 Å². The molecule has 0 bridgehead atoms. The van der Waals surface area contributed by atoms with Crippen LogP contribution in [0.3, 0.4) is 0 Å². The number of hydrogen-bond donors (Lipinski definition) is 0. The molecule has 0 spiro atoms. The van der Waals surface area contributed by atoms with Crippen LogP contribution in [0.4, 0.5) is 0 Å². The second-order valence-electron chi connectivity index (χ2n) is 4.45. The van der Waals surface area contributed by atoms with Crippen molar-refractivity contribution < 1.29 is 25.2 Å². The highest BCUT2D eigenvalue weighted by Gasteiger charge is 2.05. The average molecular weight is 391 g/mol. The van der Waals surface area contributed by atoms with Crippen LogP contribution in [0.15, 0.2) is 24.3 Å². The van der Waals surface area contributed by atoms with Crippen LogP contribution in [0, 0.1) is 0 Å². The lowest BCUT2D eigenvalue weighted by atomic mass is 10.0. The van der Waals surface area contributed by atoms with Gasteiger partial charge in [0.15, 0.2) is 0 Å². The topological polar surface area (TPSA) is 86.7 Å². The Kier molecular flexibility index (Phi) is 8.09. The van der Waals surface area contributed by atoms with E-state index in [1.54, 1.807) is 0 Å². The van der Waals surface area contributed by atoms with E-state index in [0.29, 0.717) is 25.7 Å². The largest absolute Gasteiger partial charge is 0.355 e. The second-order valence-corrected chi connectivity index (χ2v) is 8.77. The lowest BCUT2D eigenvalue weighted by molar-refractivity contribution is 0.321. The van der Waals surface area contributed by atoms with Gasteiger partial charge < -0.3 is 0 Å². The summed E-state index contributed by atoms with van der Waals surface area (Å²) in [6.07, 6.45) is 2.40. The first-order valence-electron chi connectivity index (χ1n) is 6.41. The molecule has 1 aromatic carbocycles. The molecule has 10 heteroatoms. The van der Waals surface area contributed by atoms with E-state index in [9.17, 15) is 16.8 Å². The molecule has 0 heterocycles. The van der Waals surface area contributed by atoms with Gasteiger partial charge in [0.2, 0.25) is 0 Å². The summed E-state index contributed by atoms with van der Waals surface area (Å²) in [5.41, 5.74) is 2.08. The monoisotopic (exact) mass is 390 g/mol. The number of rotatable bonds is 10. The van der Waals surface area contributed by atoms with Crippen LogP contribution in [0.25, 0.3) is 0 Å². The first-order valence-corrected chi connectivity index (χ1v) is 10.9. The predicted molar refractivity (Wildman–Crippen MR) is 84.5 cm³/mol. The SMILES string of the molecule is O=S(=O)(Cl)OCCCc1ccc(CCCOS(=O)(=O)Cl)cc1. The fourth-order valence-corrected chi connectivity index (χ4v) is 2.75. The molecule has 0 atom stereocenters. The van der Waals surface area contributed by atoms with E-state index < -0.39 is 18.7 Å². The Morgan fingerprint density at radius 3 is 1.32 bits per heavy atom. The Balaban J connectivity index is 2.28. The molecule has 126 valence electrons. The van der Waals surface area contributed by atoms with Gasteiger partial charge in [0.05, 0.1) is 13.2 Å². The van der Waals surface area contributed by atoms with E-state index in [0.717, 1.165) is 11.1 Å². The van der Waals surface area contributed by atoms with Crippen molar-refractivity contribution >= 4 is 40.0 Å². The van der Waals surface area contributed by atoms with Crippen molar-refractivity contribution in [1.29, 1.82) is 0 Å². The Hall–Kier alpha value is -0.380.